The Morgan fingerprint density at radius 1 is 0.00943 bits per heavy atom. The van der Waals surface area contributed by atoms with E-state index in [0.717, 1.165) is 0 Å². The third kappa shape index (κ3) is 741. The van der Waals surface area contributed by atoms with Crippen molar-refractivity contribution in [1.82, 2.24) is 0 Å². The Morgan fingerprint density at radius 2 is 0.00943 bits per heavy atom. The van der Waals surface area contributed by atoms with Crippen molar-refractivity contribution in [2.45, 2.75) is 0 Å². The Hall–Kier alpha value is 136. The Kier molecular flexibility index (Phi) is 5370. The average molecular weight is 16800 g/mol. The van der Waals surface area contributed by atoms with Crippen LogP contribution >= 0.6 is 0 Å². The van der Waals surface area contributed by atoms with Crippen molar-refractivity contribution in [2.75, 3.05) is 0 Å². The second-order valence-corrected chi connectivity index (χ2v) is 0. The first-order valence-corrected chi connectivity index (χ1v) is 0. The van der Waals surface area contributed by atoms with Crippen molar-refractivity contribution in [3.63, 3.8) is 0 Å². The Morgan fingerprint density at radius 3 is 0.00943 bits per heavy atom. The van der Waals surface area contributed by atoms with E-state index in [1.807, 2.05) is 0 Å². The maximum atomic E-state index is 0. The van der Waals surface area contributed by atoms with Gasteiger partial charge >= 0.3 is 0 Å². The monoisotopic (exact) mass is 16800 g/mol. The summed E-state index contributed by atoms with van der Waals surface area (Å²) in [4.78, 5) is 0. The second kappa shape index (κ2) is 750. The van der Waals surface area contributed by atoms with Gasteiger partial charge < -0.3 is 0 Å². The van der Waals surface area contributed by atoms with Crippen LogP contribution in [-0.4, -0.2) is 0 Å². The van der Waals surface area contributed by atoms with E-state index in [1.54, 1.807) is 0 Å². The van der Waals surface area contributed by atoms with Gasteiger partial charge in [0.2, 0.25) is 0 Å². The van der Waals surface area contributed by atoms with Crippen LogP contribution in [0.3, 0.4) is 0 Å². The molecule has 106 heteroatoms. The summed E-state index contributed by atoms with van der Waals surface area (Å²) >= 11 is 0. The predicted molar refractivity (Wildman–Crippen MR) is 0 cm³/mol. The van der Waals surface area contributed by atoms with Crippen molar-refractivity contribution in [3.8, 4) is 0 Å². The van der Waals surface area contributed by atoms with Crippen molar-refractivity contribution < 1.29 is 4090 Å². The number of rotatable bonds is 0. The van der Waals surface area contributed by atoms with E-state index in [-0.39, 0.29) is 4090 Å². The van der Waals surface area contributed by atoms with E-state index in [4.69, 9.17) is 0 Å². The molecular weight excluding hydrogens is 16800 g/mol. The zero-order valence-corrected chi connectivity index (χ0v) is 262. The van der Waals surface area contributed by atoms with E-state index < -0.39 is 0 Å². The molecule has 0 aliphatic carbocycles. The van der Waals surface area contributed by atoms with Gasteiger partial charge in [0.05, 0.1) is 0 Å². The molecule has 0 aromatic carbocycles. The molecule has 0 N–H and O–H groups in total. The van der Waals surface area contributed by atoms with E-state index in [9.17, 15) is 0 Å². The van der Waals surface area contributed by atoms with E-state index >= 15 is 0 Å². The molecule has 0 fully saturated rings. The minimum Gasteiger partial charge on any atom is 0 e. The van der Waals surface area contributed by atoms with Crippen LogP contribution < -0.4 is 0 Å². The van der Waals surface area contributed by atoms with Crippen LogP contribution in [0.2, 0.25) is 0 Å². The van der Waals surface area contributed by atoms with Gasteiger partial charge in [0, 0.05) is 4090 Å². The molecule has 0 rings (SSSR count). The quantitative estimate of drug-likeness (QED) is 0.321. The van der Waals surface area contributed by atoms with Gasteiger partial charge in [-0.1, -0.05) is 0 Å². The summed E-state index contributed by atoms with van der Waals surface area (Å²) in [5.74, 6) is 0. The summed E-state index contributed by atoms with van der Waals surface area (Å²) in [6.07, 6.45) is 0. The van der Waals surface area contributed by atoms with E-state index in [2.05, 4.69) is 0 Å². The Balaban J connectivity index is 0. The molecule has 0 amide bonds. The van der Waals surface area contributed by atoms with Crippen LogP contribution in [0.25, 0.3) is 0 Å². The van der Waals surface area contributed by atoms with Crippen LogP contribution in [0.1, 0.15) is 0 Å². The van der Waals surface area contributed by atoms with Crippen LogP contribution in [0.4, 0.5) is 0 Å². The fraction of sp³-hybridized carbons (Fsp3) is 0. The van der Waals surface area contributed by atoms with Crippen molar-refractivity contribution in [3.05, 3.63) is 0 Å². The molecule has 0 bridgehead atoms. The van der Waals surface area contributed by atoms with Gasteiger partial charge in [-0.2, -0.15) is 0 Å². The van der Waals surface area contributed by atoms with Crippen molar-refractivity contribution >= 4 is 0 Å². The van der Waals surface area contributed by atoms with Gasteiger partial charge in [0.15, 0.2) is 0 Å². The van der Waals surface area contributed by atoms with Crippen molar-refractivity contribution in [2.24, 2.45) is 0 Å². The first-order chi connectivity index (χ1) is 0. The SMILES string of the molecule is [Tb].[Tb].[Tb].[Tb].[Tb].[Tb].[Tb].[Tb].[Tb].[Tb].[Tb].[Tb].[Tb].[Tb].[Tb].[Tb].[Tb].[Tb].[Tb].[Tb].[Tb].[Tb].[Tb].[Tb].[Tb].[Tb].[Tb].[Tb].[Tb].[Tb].[Tb].[Tb].[Tb].[Tb].[Tb].[Tb].[Tb].[Tb].[Tb].[Tb].[Tb].[Tb].[Tb].[Tb].[Tb].[Tb].[Tb].[Tb].[Tb].[Tb].[Tb].[Tb].[Tb].[Tb].[Tb].[Tb].[Tb].[Tb].[Tb].[Tb].[Tb].[Tb].[Tb].[Tb].[Tb].[Tb].[Tb].[Tb].[Tb].[Tb].[Tb].[Tb].[Tb].[Tb].[Tb].[Tb].[Tb].[Tb].[Tb].[Tb].[Tb].[Tb].[Tb].[Tb].[Tb].[Tb].[Tb].[Tb].[Tb].[Tb].[Tb].[Tb].[Tb].[Tb].[Tb].[Tb].[Tb].[Tb].[Tb].[Tb].[Tb].[Tb].[Tb].[Tb].[Tb].[Tb]. The molecule has 0 aromatic rings. The molecule has 0 spiro atoms. The largest absolute Gasteiger partial charge is 0 e. The number of hydrogen-bond donors (Lipinski definition) is 0. The molecule has 0 heterocycles. The molecule has 106 heavy (non-hydrogen) atoms. The standard InChI is InChI=1S/106Tb. The molecule has 0 nitrogen and oxygen atoms in total. The Labute approximate surface area is 3920 Å². The summed E-state index contributed by atoms with van der Waals surface area (Å²) in [7, 11) is 0. The molecule has 0 aromatic heterocycles. The second-order valence-electron chi connectivity index (χ2n) is 0. The summed E-state index contributed by atoms with van der Waals surface area (Å²) in [6, 6.07) is 0. The van der Waals surface area contributed by atoms with Crippen LogP contribution in [0, 0.1) is 4090 Å². The van der Waals surface area contributed by atoms with Gasteiger partial charge in [-0.05, 0) is 0 Å². The normalized spacial score (nSPS) is 0. The summed E-state index contributed by atoms with van der Waals surface area (Å²) in [6.45, 7) is 0. The first kappa shape index (κ1) is 759. The maximum Gasteiger partial charge on any atom is 0 e. The molecule has 0 saturated heterocycles. The minimum absolute atomic E-state index is 0. The smallest absolute Gasteiger partial charge is 0 e. The Bertz CT molecular complexity index is 0. The minimum atomic E-state index is 0. The molecule has 0 atom stereocenters. The zero-order valence-electron chi connectivity index (χ0n) is 35.3. The van der Waals surface area contributed by atoms with Crippen LogP contribution in [-0.2, 0) is 0 Å². The topological polar surface area (TPSA) is 0 Å². The molecule has 0 unspecified atom stereocenters. The third-order valence-electron chi connectivity index (χ3n) is 0. The molecule has 106 radical (unpaired) electrons. The average Bonchev–Trinajstić information content (AvgIpc) is 0. The van der Waals surface area contributed by atoms with Crippen LogP contribution in [0.5, 0.6) is 0 Å². The predicted octanol–water partition coefficient (Wildman–Crippen LogP) is 0. The van der Waals surface area contributed by atoms with Gasteiger partial charge in [-0.3, -0.25) is 0 Å². The summed E-state index contributed by atoms with van der Waals surface area (Å²) in [5.41, 5.74) is 0. The molecular formula is Tb106. The molecule has 0 aliphatic rings. The van der Waals surface area contributed by atoms with E-state index in [0.29, 0.717) is 0 Å². The molecule has 0 aliphatic heterocycles. The summed E-state index contributed by atoms with van der Waals surface area (Å²) < 4.78 is 0. The van der Waals surface area contributed by atoms with Gasteiger partial charge in [-0.15, -0.1) is 0 Å². The molecule has 0 saturated carbocycles. The van der Waals surface area contributed by atoms with Crippen LogP contribution in [0.15, 0.2) is 0 Å². The maximum absolute atomic E-state index is 0. The van der Waals surface area contributed by atoms with Gasteiger partial charge in [0.25, 0.3) is 0 Å². The van der Waals surface area contributed by atoms with Gasteiger partial charge in [0.1, 0.15) is 0 Å². The fourth-order valence-corrected chi connectivity index (χ4v) is 0. The number of hydrogen-bond acceptors (Lipinski definition) is 0. The van der Waals surface area contributed by atoms with E-state index in [1.165, 1.54) is 0 Å². The molecule has 954 valence electrons. The van der Waals surface area contributed by atoms with Crippen molar-refractivity contribution in [1.29, 1.82) is 0 Å². The third-order valence-corrected chi connectivity index (χ3v) is 0. The zero-order chi connectivity index (χ0) is 0. The van der Waals surface area contributed by atoms with Gasteiger partial charge in [-0.25, -0.2) is 0 Å². The summed E-state index contributed by atoms with van der Waals surface area (Å²) in [5, 5.41) is 0. The first-order valence-electron chi connectivity index (χ1n) is 0. The fourth-order valence-electron chi connectivity index (χ4n) is 0.